The summed E-state index contributed by atoms with van der Waals surface area (Å²) in [7, 11) is 0. The summed E-state index contributed by atoms with van der Waals surface area (Å²) in [6.07, 6.45) is 17.2. The lowest BCUT2D eigenvalue weighted by Crippen LogP contribution is -2.58. The maximum atomic E-state index is 12.3. The van der Waals surface area contributed by atoms with Gasteiger partial charge < -0.3 is 39.0 Å². The second-order valence-electron chi connectivity index (χ2n) is 10.5. The molecule has 0 aromatic carbocycles. The van der Waals surface area contributed by atoms with Gasteiger partial charge in [0.2, 0.25) is 0 Å². The van der Waals surface area contributed by atoms with Crippen LogP contribution in [-0.2, 0) is 28.5 Å². The molecule has 1 fully saturated rings. The zero-order valence-corrected chi connectivity index (χ0v) is 24.6. The predicted molar refractivity (Wildman–Crippen MR) is 151 cm³/mol. The van der Waals surface area contributed by atoms with E-state index in [1.807, 2.05) is 0 Å². The van der Waals surface area contributed by atoms with Gasteiger partial charge in [-0.15, -0.1) is 0 Å². The van der Waals surface area contributed by atoms with Crippen LogP contribution in [0.25, 0.3) is 0 Å². The van der Waals surface area contributed by atoms with Crippen molar-refractivity contribution in [3.05, 3.63) is 0 Å². The van der Waals surface area contributed by atoms with Crippen LogP contribution in [0, 0.1) is 0 Å². The summed E-state index contributed by atoms with van der Waals surface area (Å²) in [6.45, 7) is 2.20. The third-order valence-electron chi connectivity index (χ3n) is 7.15. The molecule has 0 bridgehead atoms. The SMILES string of the molecule is CCCCCCCCCCCCCCCCCC(=O)OCC1OCC(OCCO)C(OCCO)C1OCCO. The smallest absolute Gasteiger partial charge is 0.305 e. The van der Waals surface area contributed by atoms with Gasteiger partial charge in [-0.25, -0.2) is 0 Å². The first-order valence-corrected chi connectivity index (χ1v) is 15.6. The molecule has 1 saturated heterocycles. The van der Waals surface area contributed by atoms with E-state index in [1.54, 1.807) is 0 Å². The molecule has 9 nitrogen and oxygen atoms in total. The van der Waals surface area contributed by atoms with Gasteiger partial charge in [-0.1, -0.05) is 96.8 Å². The average molecular weight is 563 g/mol. The number of esters is 1. The molecule has 9 heteroatoms. The standard InChI is InChI=1S/C30H58O9/c1-2-3-4-5-6-7-8-9-10-11-12-13-14-15-16-17-28(34)39-25-27-30(37-23-20-33)29(36-22-19-32)26(24-38-27)35-21-18-31/h26-27,29-33H,2-25H2,1H3. The van der Waals surface area contributed by atoms with Gasteiger partial charge in [0, 0.05) is 6.42 Å². The van der Waals surface area contributed by atoms with Gasteiger partial charge in [-0.3, -0.25) is 4.79 Å². The van der Waals surface area contributed by atoms with Crippen LogP contribution >= 0.6 is 0 Å². The van der Waals surface area contributed by atoms with Crippen molar-refractivity contribution in [2.75, 3.05) is 52.9 Å². The molecule has 0 aromatic rings. The van der Waals surface area contributed by atoms with Gasteiger partial charge in [-0.2, -0.15) is 0 Å². The molecule has 1 aliphatic rings. The Morgan fingerprint density at radius 2 is 1.13 bits per heavy atom. The maximum Gasteiger partial charge on any atom is 0.305 e. The van der Waals surface area contributed by atoms with Crippen LogP contribution in [0.15, 0.2) is 0 Å². The van der Waals surface area contributed by atoms with E-state index in [-0.39, 0.29) is 58.8 Å². The number of ether oxygens (including phenoxy) is 5. The number of aliphatic hydroxyl groups is 3. The topological polar surface area (TPSA) is 124 Å². The van der Waals surface area contributed by atoms with Gasteiger partial charge in [0.15, 0.2) is 0 Å². The van der Waals surface area contributed by atoms with E-state index in [2.05, 4.69) is 6.92 Å². The predicted octanol–water partition coefficient (Wildman–Crippen LogP) is 4.32. The van der Waals surface area contributed by atoms with Crippen molar-refractivity contribution < 1.29 is 43.8 Å². The maximum absolute atomic E-state index is 12.3. The third kappa shape index (κ3) is 18.3. The molecule has 4 atom stereocenters. The van der Waals surface area contributed by atoms with Crippen LogP contribution < -0.4 is 0 Å². The van der Waals surface area contributed by atoms with Crippen molar-refractivity contribution in [3.8, 4) is 0 Å². The fourth-order valence-corrected chi connectivity index (χ4v) is 4.99. The Morgan fingerprint density at radius 3 is 1.64 bits per heavy atom. The minimum absolute atomic E-state index is 0.0133. The highest BCUT2D eigenvalue weighted by Crippen LogP contribution is 2.24. The van der Waals surface area contributed by atoms with E-state index in [9.17, 15) is 15.0 Å². The second kappa shape index (κ2) is 26.1. The third-order valence-corrected chi connectivity index (χ3v) is 7.15. The first kappa shape index (κ1) is 36.2. The van der Waals surface area contributed by atoms with Crippen molar-refractivity contribution >= 4 is 5.97 Å². The average Bonchev–Trinajstić information content (AvgIpc) is 2.95. The molecule has 0 spiro atoms. The number of carbonyl (C=O) groups excluding carboxylic acids is 1. The lowest BCUT2D eigenvalue weighted by atomic mass is 9.99. The first-order chi connectivity index (χ1) is 19.2. The molecule has 39 heavy (non-hydrogen) atoms. The van der Waals surface area contributed by atoms with Crippen LogP contribution in [0.3, 0.4) is 0 Å². The summed E-state index contributed by atoms with van der Waals surface area (Å²) in [5, 5.41) is 27.5. The molecule has 1 rings (SSSR count). The van der Waals surface area contributed by atoms with Crippen LogP contribution in [0.5, 0.6) is 0 Å². The Bertz CT molecular complexity index is 549. The summed E-state index contributed by atoms with van der Waals surface area (Å²) in [5.74, 6) is -0.263. The number of unbranched alkanes of at least 4 members (excludes halogenated alkanes) is 14. The largest absolute Gasteiger partial charge is 0.463 e. The summed E-state index contributed by atoms with van der Waals surface area (Å²) < 4.78 is 28.5. The molecule has 0 radical (unpaired) electrons. The first-order valence-electron chi connectivity index (χ1n) is 15.6. The van der Waals surface area contributed by atoms with Gasteiger partial charge in [0.1, 0.15) is 31.0 Å². The van der Waals surface area contributed by atoms with Crippen molar-refractivity contribution in [1.29, 1.82) is 0 Å². The molecule has 3 N–H and O–H groups in total. The Labute approximate surface area is 236 Å². The monoisotopic (exact) mass is 562 g/mol. The van der Waals surface area contributed by atoms with Gasteiger partial charge in [-0.05, 0) is 6.42 Å². The molecule has 1 aliphatic heterocycles. The molecule has 0 amide bonds. The molecule has 4 unspecified atom stereocenters. The second-order valence-corrected chi connectivity index (χ2v) is 10.5. The minimum Gasteiger partial charge on any atom is -0.463 e. The van der Waals surface area contributed by atoms with E-state index in [1.165, 1.54) is 77.0 Å². The van der Waals surface area contributed by atoms with Crippen molar-refractivity contribution in [2.45, 2.75) is 134 Å². The highest BCUT2D eigenvalue weighted by Gasteiger charge is 2.43. The van der Waals surface area contributed by atoms with Crippen LogP contribution in [0.4, 0.5) is 0 Å². The molecule has 1 heterocycles. The van der Waals surface area contributed by atoms with E-state index in [0.717, 1.165) is 19.3 Å². The Balaban J connectivity index is 2.19. The van der Waals surface area contributed by atoms with E-state index in [0.29, 0.717) is 6.42 Å². The van der Waals surface area contributed by atoms with Gasteiger partial charge in [0.05, 0.1) is 46.2 Å². The number of aliphatic hydroxyl groups excluding tert-OH is 3. The zero-order chi connectivity index (χ0) is 28.4. The van der Waals surface area contributed by atoms with Crippen LogP contribution in [-0.4, -0.2) is 98.6 Å². The fraction of sp³-hybridized carbons (Fsp3) is 0.967. The van der Waals surface area contributed by atoms with E-state index < -0.39 is 24.4 Å². The van der Waals surface area contributed by atoms with Crippen LogP contribution in [0.2, 0.25) is 0 Å². The van der Waals surface area contributed by atoms with Gasteiger partial charge in [0.25, 0.3) is 0 Å². The molecule has 232 valence electrons. The number of hydrogen-bond donors (Lipinski definition) is 3. The van der Waals surface area contributed by atoms with Crippen molar-refractivity contribution in [2.24, 2.45) is 0 Å². The Hall–Kier alpha value is -0.810. The Kier molecular flexibility index (Phi) is 24.2. The van der Waals surface area contributed by atoms with Crippen LogP contribution in [0.1, 0.15) is 110 Å². The molecule has 0 aromatic heterocycles. The van der Waals surface area contributed by atoms with E-state index in [4.69, 9.17) is 28.8 Å². The number of carbonyl (C=O) groups is 1. The zero-order valence-electron chi connectivity index (χ0n) is 24.6. The summed E-state index contributed by atoms with van der Waals surface area (Å²) >= 11 is 0. The summed E-state index contributed by atoms with van der Waals surface area (Å²) in [4.78, 5) is 12.3. The molecule has 0 saturated carbocycles. The number of rotatable bonds is 27. The lowest BCUT2D eigenvalue weighted by Gasteiger charge is -2.41. The number of hydrogen-bond acceptors (Lipinski definition) is 9. The quantitative estimate of drug-likeness (QED) is 0.0992. The molecular formula is C30H58O9. The fourth-order valence-electron chi connectivity index (χ4n) is 4.99. The Morgan fingerprint density at radius 1 is 0.667 bits per heavy atom. The van der Waals surface area contributed by atoms with Crippen molar-refractivity contribution in [3.63, 3.8) is 0 Å². The van der Waals surface area contributed by atoms with E-state index >= 15 is 0 Å². The highest BCUT2D eigenvalue weighted by molar-refractivity contribution is 5.69. The summed E-state index contributed by atoms with van der Waals surface area (Å²) in [6, 6.07) is 0. The lowest BCUT2D eigenvalue weighted by molar-refractivity contribution is -0.241. The normalized spacial score (nSPS) is 21.3. The molecule has 0 aliphatic carbocycles. The summed E-state index contributed by atoms with van der Waals surface area (Å²) in [5.41, 5.74) is 0. The van der Waals surface area contributed by atoms with Crippen molar-refractivity contribution in [1.82, 2.24) is 0 Å². The highest BCUT2D eigenvalue weighted by atomic mass is 16.6. The molecular weight excluding hydrogens is 504 g/mol. The minimum atomic E-state index is -0.653. The van der Waals surface area contributed by atoms with Gasteiger partial charge >= 0.3 is 5.97 Å².